The summed E-state index contributed by atoms with van der Waals surface area (Å²) >= 11 is 0. The van der Waals surface area contributed by atoms with Gasteiger partial charge in [-0.05, 0) is 48.4 Å². The van der Waals surface area contributed by atoms with Crippen LogP contribution in [0.4, 0.5) is 0 Å². The van der Waals surface area contributed by atoms with Crippen molar-refractivity contribution in [2.45, 2.75) is 57.2 Å². The zero-order valence-corrected chi connectivity index (χ0v) is 11.9. The van der Waals surface area contributed by atoms with Gasteiger partial charge in [0, 0.05) is 0 Å². The molecule has 0 aliphatic heterocycles. The van der Waals surface area contributed by atoms with Crippen molar-refractivity contribution >= 4 is 0 Å². The van der Waals surface area contributed by atoms with Crippen molar-refractivity contribution < 1.29 is 14.9 Å². The molecule has 1 aromatic carbocycles. The molecule has 3 nitrogen and oxygen atoms in total. The molecule has 1 aromatic rings. The Morgan fingerprint density at radius 1 is 1.20 bits per heavy atom. The van der Waals surface area contributed by atoms with E-state index in [1.54, 1.807) is 0 Å². The quantitative estimate of drug-likeness (QED) is 0.869. The van der Waals surface area contributed by atoms with Crippen LogP contribution in [0.5, 0.6) is 5.75 Å². The number of rotatable bonds is 5. The van der Waals surface area contributed by atoms with Crippen LogP contribution in [0, 0.1) is 5.92 Å². The predicted octanol–water partition coefficient (Wildman–Crippen LogP) is 2.99. The van der Waals surface area contributed by atoms with Crippen molar-refractivity contribution in [1.29, 1.82) is 0 Å². The highest BCUT2D eigenvalue weighted by Crippen LogP contribution is 2.33. The van der Waals surface area contributed by atoms with E-state index in [-0.39, 0.29) is 12.2 Å². The van der Waals surface area contributed by atoms with Crippen LogP contribution >= 0.6 is 0 Å². The molecule has 0 aromatic heterocycles. The molecule has 2 aliphatic rings. The van der Waals surface area contributed by atoms with Gasteiger partial charge in [0.15, 0.2) is 0 Å². The molecule has 2 aliphatic carbocycles. The molecular formula is C17H24O3. The van der Waals surface area contributed by atoms with Crippen LogP contribution in [0.25, 0.3) is 0 Å². The summed E-state index contributed by atoms with van der Waals surface area (Å²) in [5, 5.41) is 19.8. The number of aryl methyl sites for hydroxylation is 1. The van der Waals surface area contributed by atoms with Gasteiger partial charge >= 0.3 is 0 Å². The second-order valence-corrected chi connectivity index (χ2v) is 6.27. The van der Waals surface area contributed by atoms with Gasteiger partial charge in [0.05, 0.1) is 12.2 Å². The minimum Gasteiger partial charge on any atom is -0.491 e. The van der Waals surface area contributed by atoms with Crippen LogP contribution < -0.4 is 4.74 Å². The first-order valence-electron chi connectivity index (χ1n) is 7.84. The van der Waals surface area contributed by atoms with Gasteiger partial charge in [0.2, 0.25) is 0 Å². The summed E-state index contributed by atoms with van der Waals surface area (Å²) in [4.78, 5) is 0. The molecule has 0 radical (unpaired) electrons. The van der Waals surface area contributed by atoms with Crippen LogP contribution in [0.2, 0.25) is 0 Å². The molecule has 1 saturated carbocycles. The smallest absolute Gasteiger partial charge is 0.119 e. The largest absolute Gasteiger partial charge is 0.491 e. The monoisotopic (exact) mass is 276 g/mol. The van der Waals surface area contributed by atoms with E-state index < -0.39 is 0 Å². The summed E-state index contributed by atoms with van der Waals surface area (Å²) in [6.07, 6.45) is 7.05. The van der Waals surface area contributed by atoms with Crippen LogP contribution in [0.3, 0.4) is 0 Å². The van der Waals surface area contributed by atoms with Gasteiger partial charge in [-0.2, -0.15) is 0 Å². The zero-order valence-electron chi connectivity index (χ0n) is 11.9. The minimum atomic E-state index is -0.364. The van der Waals surface area contributed by atoms with Gasteiger partial charge in [0.25, 0.3) is 0 Å². The molecule has 0 spiro atoms. The van der Waals surface area contributed by atoms with Gasteiger partial charge in [-0.25, -0.2) is 0 Å². The van der Waals surface area contributed by atoms with Gasteiger partial charge in [-0.15, -0.1) is 0 Å². The Hall–Kier alpha value is -1.06. The van der Waals surface area contributed by atoms with Crippen molar-refractivity contribution in [3.05, 3.63) is 29.3 Å². The number of ether oxygens (including phenoxy) is 1. The molecule has 0 bridgehead atoms. The SMILES string of the molecule is OC(COc1ccc2c(c1)CC[C@@H]2O)CC1CCCC1. The molecule has 110 valence electrons. The second-order valence-electron chi connectivity index (χ2n) is 6.27. The molecule has 1 unspecified atom stereocenters. The standard InChI is InChI=1S/C17H24O3/c18-14(9-12-3-1-2-4-12)11-20-15-6-7-16-13(10-15)5-8-17(16)19/h6-7,10,12,14,17-19H,1-5,8-9,11H2/t14?,17-/m0/s1. The lowest BCUT2D eigenvalue weighted by atomic mass is 10.0. The molecular weight excluding hydrogens is 252 g/mol. The average Bonchev–Trinajstić information content (AvgIpc) is 3.07. The molecule has 0 saturated heterocycles. The van der Waals surface area contributed by atoms with Gasteiger partial charge in [0.1, 0.15) is 12.4 Å². The molecule has 2 N–H and O–H groups in total. The lowest BCUT2D eigenvalue weighted by Gasteiger charge is -2.16. The highest BCUT2D eigenvalue weighted by Gasteiger charge is 2.21. The summed E-state index contributed by atoms with van der Waals surface area (Å²) in [5.74, 6) is 1.49. The summed E-state index contributed by atoms with van der Waals surface area (Å²) in [6.45, 7) is 0.373. The first-order valence-corrected chi connectivity index (χ1v) is 7.84. The Balaban J connectivity index is 1.50. The number of hydrogen-bond acceptors (Lipinski definition) is 3. The topological polar surface area (TPSA) is 49.7 Å². The number of aliphatic hydroxyl groups is 2. The van der Waals surface area contributed by atoms with E-state index >= 15 is 0 Å². The number of fused-ring (bicyclic) bond motifs is 1. The fraction of sp³-hybridized carbons (Fsp3) is 0.647. The van der Waals surface area contributed by atoms with Crippen LogP contribution in [-0.4, -0.2) is 22.9 Å². The Morgan fingerprint density at radius 3 is 2.80 bits per heavy atom. The Bertz CT molecular complexity index is 452. The fourth-order valence-electron chi connectivity index (χ4n) is 3.55. The van der Waals surface area contributed by atoms with Crippen molar-refractivity contribution in [2.24, 2.45) is 5.92 Å². The average molecular weight is 276 g/mol. The Kier molecular flexibility index (Phi) is 4.27. The number of hydrogen-bond donors (Lipinski definition) is 2. The molecule has 3 rings (SSSR count). The summed E-state index contributed by atoms with van der Waals surface area (Å²) in [6, 6.07) is 5.86. The highest BCUT2D eigenvalue weighted by molar-refractivity contribution is 5.39. The zero-order chi connectivity index (χ0) is 13.9. The van der Waals surface area contributed by atoms with Crippen LogP contribution in [0.1, 0.15) is 55.8 Å². The van der Waals surface area contributed by atoms with Crippen LogP contribution in [0.15, 0.2) is 18.2 Å². The maximum absolute atomic E-state index is 10.0. The molecule has 1 fully saturated rings. The molecule has 0 amide bonds. The number of benzene rings is 1. The summed E-state index contributed by atoms with van der Waals surface area (Å²) < 4.78 is 5.71. The van der Waals surface area contributed by atoms with Crippen molar-refractivity contribution in [3.8, 4) is 5.75 Å². The maximum Gasteiger partial charge on any atom is 0.119 e. The molecule has 0 heterocycles. The first-order chi connectivity index (χ1) is 9.72. The van der Waals surface area contributed by atoms with E-state index in [9.17, 15) is 10.2 Å². The van der Waals surface area contributed by atoms with E-state index in [0.29, 0.717) is 12.5 Å². The van der Waals surface area contributed by atoms with Crippen LogP contribution in [-0.2, 0) is 6.42 Å². The van der Waals surface area contributed by atoms with Crippen molar-refractivity contribution in [1.82, 2.24) is 0 Å². The fourth-order valence-corrected chi connectivity index (χ4v) is 3.55. The third-order valence-electron chi connectivity index (χ3n) is 4.68. The van der Waals surface area contributed by atoms with Crippen molar-refractivity contribution in [3.63, 3.8) is 0 Å². The van der Waals surface area contributed by atoms with E-state index in [2.05, 4.69) is 0 Å². The first kappa shape index (κ1) is 13.9. The molecule has 2 atom stereocenters. The van der Waals surface area contributed by atoms with Crippen molar-refractivity contribution in [2.75, 3.05) is 6.61 Å². The third kappa shape index (κ3) is 3.15. The summed E-state index contributed by atoms with van der Waals surface area (Å²) in [5.41, 5.74) is 2.21. The van der Waals surface area contributed by atoms with E-state index in [1.165, 1.54) is 31.2 Å². The molecule has 20 heavy (non-hydrogen) atoms. The maximum atomic E-state index is 10.0. The lowest BCUT2D eigenvalue weighted by Crippen LogP contribution is -2.20. The minimum absolute atomic E-state index is 0.313. The van der Waals surface area contributed by atoms with E-state index in [4.69, 9.17) is 4.74 Å². The normalized spacial score (nSPS) is 23.8. The second kappa shape index (κ2) is 6.15. The summed E-state index contributed by atoms with van der Waals surface area (Å²) in [7, 11) is 0. The lowest BCUT2D eigenvalue weighted by molar-refractivity contribution is 0.0855. The number of aliphatic hydroxyl groups excluding tert-OH is 2. The Morgan fingerprint density at radius 2 is 2.00 bits per heavy atom. The van der Waals surface area contributed by atoms with Gasteiger partial charge in [-0.3, -0.25) is 0 Å². The predicted molar refractivity (Wildman–Crippen MR) is 77.8 cm³/mol. The molecule has 3 heteroatoms. The van der Waals surface area contributed by atoms with E-state index in [1.807, 2.05) is 18.2 Å². The third-order valence-corrected chi connectivity index (χ3v) is 4.68. The Labute approximate surface area is 120 Å². The van der Waals surface area contributed by atoms with Gasteiger partial charge in [-0.1, -0.05) is 31.7 Å². The van der Waals surface area contributed by atoms with E-state index in [0.717, 1.165) is 30.6 Å². The highest BCUT2D eigenvalue weighted by atomic mass is 16.5. The van der Waals surface area contributed by atoms with Gasteiger partial charge < -0.3 is 14.9 Å².